The Morgan fingerprint density at radius 1 is 0.313 bits per heavy atom. The standard InChI is InChI=1S/C64H46O2Si/c1-63(2)49-31-45-46-32-50-48(60-38-20-10-8-18-36(38)44(30-52(60)64(50,3)4)40-24-16-28-56-62(40)42-22-12-14-26-54(42)66-56)34-58(46)67(5,6)57(45)33-47(49)59-37-19-9-7-17-35(37)43(29-51(59)63)39-23-15-27-55-61(39)41-21-11-13-25-53(41)65-55/h7-34H,1-6H3. The number of hydrogen-bond acceptors (Lipinski definition) is 2. The molecule has 0 radical (unpaired) electrons. The van der Waals surface area contributed by atoms with E-state index in [9.17, 15) is 0 Å². The normalized spacial score (nSPS) is 15.7. The van der Waals surface area contributed by atoms with Crippen LogP contribution < -0.4 is 10.4 Å². The summed E-state index contributed by atoms with van der Waals surface area (Å²) in [4.78, 5) is 0. The molecule has 1 aliphatic heterocycles. The molecule has 0 unspecified atom stereocenters. The smallest absolute Gasteiger partial charge is 0.136 e. The fraction of sp³-hybridized carbons (Fsp3) is 0.125. The number of para-hydroxylation sites is 2. The highest BCUT2D eigenvalue weighted by Gasteiger charge is 2.46. The lowest BCUT2D eigenvalue weighted by Crippen LogP contribution is -2.49. The van der Waals surface area contributed by atoms with Crippen LogP contribution in [0, 0.1) is 0 Å². The summed E-state index contributed by atoms with van der Waals surface area (Å²) in [5.41, 5.74) is 22.4. The van der Waals surface area contributed by atoms with Crippen LogP contribution in [0.3, 0.4) is 0 Å². The lowest BCUT2D eigenvalue weighted by molar-refractivity contribution is 0.660. The Bertz CT molecular complexity index is 3970. The molecule has 3 heteroatoms. The zero-order valence-corrected chi connectivity index (χ0v) is 39.5. The summed E-state index contributed by atoms with van der Waals surface area (Å²) in [7, 11) is -2.18. The maximum atomic E-state index is 6.43. The van der Waals surface area contributed by atoms with E-state index in [0.29, 0.717) is 0 Å². The van der Waals surface area contributed by atoms with Crippen LogP contribution in [0.2, 0.25) is 13.1 Å². The predicted molar refractivity (Wildman–Crippen MR) is 284 cm³/mol. The lowest BCUT2D eigenvalue weighted by Gasteiger charge is -2.24. The molecule has 10 aromatic carbocycles. The van der Waals surface area contributed by atoms with Crippen molar-refractivity contribution in [1.82, 2.24) is 0 Å². The van der Waals surface area contributed by atoms with Gasteiger partial charge in [-0.1, -0.05) is 162 Å². The first kappa shape index (κ1) is 37.7. The van der Waals surface area contributed by atoms with Gasteiger partial charge in [-0.2, -0.15) is 0 Å². The highest BCUT2D eigenvalue weighted by atomic mass is 28.3. The molecule has 3 heterocycles. The van der Waals surface area contributed by atoms with Gasteiger partial charge in [-0.05, 0) is 158 Å². The van der Waals surface area contributed by atoms with E-state index in [0.717, 1.165) is 33.1 Å². The third-order valence-electron chi connectivity index (χ3n) is 16.7. The van der Waals surface area contributed by atoms with Gasteiger partial charge in [0.2, 0.25) is 0 Å². The summed E-state index contributed by atoms with van der Waals surface area (Å²) < 4.78 is 12.9. The first-order chi connectivity index (χ1) is 32.5. The molecule has 0 amide bonds. The molecular weight excluding hydrogens is 829 g/mol. The monoisotopic (exact) mass is 874 g/mol. The van der Waals surface area contributed by atoms with Crippen LogP contribution in [0.4, 0.5) is 0 Å². The minimum atomic E-state index is -2.18. The average molecular weight is 875 g/mol. The van der Waals surface area contributed by atoms with Gasteiger partial charge in [0.25, 0.3) is 0 Å². The zero-order valence-electron chi connectivity index (χ0n) is 38.5. The van der Waals surface area contributed by atoms with Crippen molar-refractivity contribution in [3.05, 3.63) is 192 Å². The van der Waals surface area contributed by atoms with Crippen molar-refractivity contribution in [3.63, 3.8) is 0 Å². The van der Waals surface area contributed by atoms with Gasteiger partial charge in [-0.3, -0.25) is 0 Å². The Balaban J connectivity index is 0.922. The largest absolute Gasteiger partial charge is 0.456 e. The molecule has 0 atom stereocenters. The molecule has 0 N–H and O–H groups in total. The van der Waals surface area contributed by atoms with Crippen molar-refractivity contribution in [2.24, 2.45) is 0 Å². The van der Waals surface area contributed by atoms with Gasteiger partial charge in [-0.25, -0.2) is 0 Å². The fourth-order valence-electron chi connectivity index (χ4n) is 13.3. The summed E-state index contributed by atoms with van der Waals surface area (Å²) in [6, 6.07) is 63.8. The highest BCUT2D eigenvalue weighted by molar-refractivity contribution is 7.04. The number of rotatable bonds is 2. The SMILES string of the molecule is CC1(C)c2cc3c(cc2-c2c1cc(-c1cccc4oc5ccccc5c14)c1ccccc21)[Si](C)(C)c1cc2c(cc1-3)C(C)(C)c1cc(-c3cccc4oc5ccccc5c34)c3ccccc3c1-2. The molecule has 0 fully saturated rings. The van der Waals surface area contributed by atoms with Crippen molar-refractivity contribution < 1.29 is 8.83 Å². The second kappa shape index (κ2) is 12.5. The summed E-state index contributed by atoms with van der Waals surface area (Å²) >= 11 is 0. The van der Waals surface area contributed by atoms with E-state index in [1.54, 1.807) is 10.4 Å². The molecule has 2 nitrogen and oxygen atoms in total. The Morgan fingerprint density at radius 3 is 1.10 bits per heavy atom. The number of hydrogen-bond donors (Lipinski definition) is 0. The van der Waals surface area contributed by atoms with Crippen molar-refractivity contribution in [2.45, 2.75) is 51.6 Å². The van der Waals surface area contributed by atoms with Gasteiger partial charge in [0.15, 0.2) is 0 Å². The molecule has 2 aliphatic carbocycles. The number of furan rings is 2. The van der Waals surface area contributed by atoms with Crippen LogP contribution in [0.25, 0.3) is 121 Å². The summed E-state index contributed by atoms with van der Waals surface area (Å²) in [6.07, 6.45) is 0. The highest BCUT2D eigenvalue weighted by Crippen LogP contribution is 2.58. The van der Waals surface area contributed by atoms with Gasteiger partial charge in [0.05, 0.1) is 0 Å². The molecule has 0 spiro atoms. The minimum absolute atomic E-state index is 0.218. The maximum Gasteiger partial charge on any atom is 0.136 e. The van der Waals surface area contributed by atoms with Gasteiger partial charge in [-0.15, -0.1) is 0 Å². The molecule has 318 valence electrons. The molecule has 67 heavy (non-hydrogen) atoms. The van der Waals surface area contributed by atoms with Crippen molar-refractivity contribution in [1.29, 1.82) is 0 Å². The Labute approximate surface area is 390 Å². The average Bonchev–Trinajstić information content (AvgIpc) is 4.09. The first-order valence-corrected chi connectivity index (χ1v) is 26.8. The molecule has 2 aromatic heterocycles. The van der Waals surface area contributed by atoms with Crippen LogP contribution in [-0.2, 0) is 10.8 Å². The number of fused-ring (bicyclic) bond motifs is 19. The molecular formula is C64H46O2Si. The predicted octanol–water partition coefficient (Wildman–Crippen LogP) is 16.5. The van der Waals surface area contributed by atoms with Crippen molar-refractivity contribution in [2.75, 3.05) is 0 Å². The van der Waals surface area contributed by atoms with Gasteiger partial charge < -0.3 is 8.83 Å². The van der Waals surface area contributed by atoms with E-state index in [2.05, 4.69) is 211 Å². The quantitative estimate of drug-likeness (QED) is 0.162. The van der Waals surface area contributed by atoms with Gasteiger partial charge in [0.1, 0.15) is 30.4 Å². The molecule has 0 saturated carbocycles. The van der Waals surface area contributed by atoms with Gasteiger partial charge >= 0.3 is 0 Å². The van der Waals surface area contributed by atoms with Crippen molar-refractivity contribution in [3.8, 4) is 55.6 Å². The van der Waals surface area contributed by atoms with E-state index in [1.807, 2.05) is 0 Å². The Kier molecular flexibility index (Phi) is 7.04. The molecule has 12 aromatic rings. The molecule has 0 saturated heterocycles. The molecule has 3 aliphatic rings. The first-order valence-electron chi connectivity index (χ1n) is 23.8. The third kappa shape index (κ3) is 4.65. The summed E-state index contributed by atoms with van der Waals surface area (Å²) in [5, 5.41) is 13.0. The van der Waals surface area contributed by atoms with Gasteiger partial charge in [0, 0.05) is 32.4 Å². The molecule has 15 rings (SSSR count). The second-order valence-corrected chi connectivity index (χ2v) is 25.4. The Hall–Kier alpha value is -7.46. The van der Waals surface area contributed by atoms with Crippen LogP contribution in [0.5, 0.6) is 0 Å². The van der Waals surface area contributed by atoms with Crippen LogP contribution in [0.1, 0.15) is 49.9 Å². The second-order valence-electron chi connectivity index (χ2n) is 21.1. The van der Waals surface area contributed by atoms with Crippen LogP contribution in [-0.4, -0.2) is 8.07 Å². The van der Waals surface area contributed by atoms with Crippen LogP contribution >= 0.6 is 0 Å². The van der Waals surface area contributed by atoms with Crippen LogP contribution in [0.15, 0.2) is 179 Å². The maximum absolute atomic E-state index is 6.43. The summed E-state index contributed by atoms with van der Waals surface area (Å²) in [6.45, 7) is 15.0. The van der Waals surface area contributed by atoms with Crippen molar-refractivity contribution >= 4 is 83.9 Å². The zero-order chi connectivity index (χ0) is 44.9. The van der Waals surface area contributed by atoms with E-state index in [-0.39, 0.29) is 10.8 Å². The lowest BCUT2D eigenvalue weighted by atomic mass is 9.79. The summed E-state index contributed by atoms with van der Waals surface area (Å²) in [5.74, 6) is 0. The third-order valence-corrected chi connectivity index (χ3v) is 20.2. The van der Waals surface area contributed by atoms with E-state index >= 15 is 0 Å². The number of benzene rings is 10. The molecule has 0 bridgehead atoms. The Morgan fingerprint density at radius 2 is 0.672 bits per heavy atom. The topological polar surface area (TPSA) is 26.3 Å². The minimum Gasteiger partial charge on any atom is -0.456 e. The fourth-order valence-corrected chi connectivity index (χ4v) is 16.4. The van der Waals surface area contributed by atoms with E-state index in [4.69, 9.17) is 8.83 Å². The van der Waals surface area contributed by atoms with E-state index < -0.39 is 8.07 Å². The van der Waals surface area contributed by atoms with E-state index in [1.165, 1.54) is 110 Å².